The molecule has 0 N–H and O–H groups in total. The lowest BCUT2D eigenvalue weighted by Crippen LogP contribution is -2.16. The van der Waals surface area contributed by atoms with Crippen LogP contribution >= 0.6 is 0 Å². The molecule has 3 nitrogen and oxygen atoms in total. The number of hydrogen-bond acceptors (Lipinski definition) is 3. The summed E-state index contributed by atoms with van der Waals surface area (Å²) in [5.74, 6) is 3.32. The van der Waals surface area contributed by atoms with Gasteiger partial charge in [-0.25, -0.2) is 0 Å². The van der Waals surface area contributed by atoms with Gasteiger partial charge in [0.25, 0.3) is 6.29 Å². The van der Waals surface area contributed by atoms with Crippen LogP contribution in [0.2, 0.25) is 0 Å². The summed E-state index contributed by atoms with van der Waals surface area (Å²) in [5, 5.41) is 0. The first kappa shape index (κ1) is 17.4. The van der Waals surface area contributed by atoms with E-state index < -0.39 is 6.29 Å². The van der Waals surface area contributed by atoms with Gasteiger partial charge in [-0.3, -0.25) is 0 Å². The second-order valence-electron chi connectivity index (χ2n) is 6.95. The second-order valence-corrected chi connectivity index (χ2v) is 6.95. The molecule has 0 aliphatic carbocycles. The summed E-state index contributed by atoms with van der Waals surface area (Å²) in [4.78, 5) is 0. The van der Waals surface area contributed by atoms with E-state index in [4.69, 9.17) is 14.2 Å². The van der Waals surface area contributed by atoms with Crippen molar-refractivity contribution in [1.82, 2.24) is 0 Å². The number of fused-ring (bicyclic) bond motifs is 2. The zero-order valence-corrected chi connectivity index (χ0v) is 15.8. The first-order chi connectivity index (χ1) is 14.3. The van der Waals surface area contributed by atoms with Crippen LogP contribution in [0.5, 0.6) is 23.0 Å². The van der Waals surface area contributed by atoms with Gasteiger partial charge in [-0.2, -0.15) is 0 Å². The summed E-state index contributed by atoms with van der Waals surface area (Å²) in [6.45, 7) is 0. The van der Waals surface area contributed by atoms with Gasteiger partial charge in [0.1, 0.15) is 23.0 Å². The molecule has 0 radical (unpaired) electrons. The molecule has 0 spiro atoms. The van der Waals surface area contributed by atoms with Gasteiger partial charge in [-0.05, 0) is 59.7 Å². The monoisotopic (exact) mass is 380 g/mol. The molecule has 142 valence electrons. The van der Waals surface area contributed by atoms with Gasteiger partial charge >= 0.3 is 0 Å². The smallest absolute Gasteiger partial charge is 0.267 e. The second kappa shape index (κ2) is 7.72. The van der Waals surface area contributed by atoms with Crippen LogP contribution in [-0.4, -0.2) is 0 Å². The van der Waals surface area contributed by atoms with E-state index in [1.54, 1.807) is 0 Å². The van der Waals surface area contributed by atoms with Gasteiger partial charge in [0.15, 0.2) is 0 Å². The molecule has 0 saturated heterocycles. The Labute approximate surface area is 170 Å². The van der Waals surface area contributed by atoms with Crippen molar-refractivity contribution in [2.24, 2.45) is 0 Å². The lowest BCUT2D eigenvalue weighted by molar-refractivity contribution is 0.00374. The fourth-order valence-electron chi connectivity index (χ4n) is 3.46. The van der Waals surface area contributed by atoms with Gasteiger partial charge in [-0.1, -0.05) is 54.6 Å². The Hall–Kier alpha value is -3.72. The van der Waals surface area contributed by atoms with E-state index in [2.05, 4.69) is 12.1 Å². The van der Waals surface area contributed by atoms with E-state index in [0.717, 1.165) is 40.5 Å². The maximum absolute atomic E-state index is 6.20. The minimum Gasteiger partial charge on any atom is -0.457 e. The average molecular weight is 380 g/mol. The lowest BCUT2D eigenvalue weighted by Gasteiger charge is -2.24. The molecule has 0 amide bonds. The summed E-state index contributed by atoms with van der Waals surface area (Å²) in [6, 6.07) is 33.7. The molecule has 0 bridgehead atoms. The predicted octanol–water partition coefficient (Wildman–Crippen LogP) is 6.54. The highest BCUT2D eigenvalue weighted by molar-refractivity contribution is 5.51. The van der Waals surface area contributed by atoms with Gasteiger partial charge in [0.2, 0.25) is 0 Å². The fourth-order valence-corrected chi connectivity index (χ4v) is 3.46. The Bertz CT molecular complexity index is 1070. The first-order valence-electron chi connectivity index (χ1n) is 9.67. The van der Waals surface area contributed by atoms with Crippen LogP contribution in [0.1, 0.15) is 23.0 Å². The molecular formula is C26H20O3. The predicted molar refractivity (Wildman–Crippen MR) is 113 cm³/mol. The minimum atomic E-state index is -0.567. The van der Waals surface area contributed by atoms with Crippen LogP contribution in [0.4, 0.5) is 0 Å². The van der Waals surface area contributed by atoms with Crippen molar-refractivity contribution >= 4 is 0 Å². The highest BCUT2D eigenvalue weighted by Gasteiger charge is 2.21. The molecule has 1 aliphatic heterocycles. The fraction of sp³-hybridized carbons (Fsp3) is 0.0769. The Morgan fingerprint density at radius 2 is 1.17 bits per heavy atom. The van der Waals surface area contributed by atoms with Gasteiger partial charge in [0.05, 0.1) is 0 Å². The molecule has 3 heteroatoms. The van der Waals surface area contributed by atoms with Gasteiger partial charge < -0.3 is 14.2 Å². The summed E-state index contributed by atoms with van der Waals surface area (Å²) in [5.41, 5.74) is 3.25. The third kappa shape index (κ3) is 3.81. The quantitative estimate of drug-likeness (QED) is 0.324. The average Bonchev–Trinajstić information content (AvgIpc) is 2.78. The van der Waals surface area contributed by atoms with Crippen molar-refractivity contribution in [1.29, 1.82) is 0 Å². The molecule has 4 aromatic carbocycles. The van der Waals surface area contributed by atoms with Crippen LogP contribution < -0.4 is 14.2 Å². The minimum absolute atomic E-state index is 0.567. The zero-order chi connectivity index (χ0) is 19.5. The molecule has 0 atom stereocenters. The number of ether oxygens (including phenoxy) is 3. The number of rotatable bonds is 5. The molecule has 4 aromatic rings. The summed E-state index contributed by atoms with van der Waals surface area (Å²) in [7, 11) is 0. The van der Waals surface area contributed by atoms with Crippen molar-refractivity contribution in [3.63, 3.8) is 0 Å². The summed E-state index contributed by atoms with van der Waals surface area (Å²) in [6.07, 6.45) is 0.255. The third-order valence-corrected chi connectivity index (χ3v) is 4.90. The number of para-hydroxylation sites is 3. The van der Waals surface area contributed by atoms with E-state index in [1.165, 1.54) is 5.56 Å². The molecule has 1 aliphatic rings. The Kier molecular flexibility index (Phi) is 4.63. The van der Waals surface area contributed by atoms with Crippen LogP contribution in [0.3, 0.4) is 0 Å². The Balaban J connectivity index is 1.47. The molecule has 5 rings (SSSR count). The van der Waals surface area contributed by atoms with Crippen molar-refractivity contribution in [3.05, 3.63) is 120 Å². The van der Waals surface area contributed by atoms with Crippen LogP contribution in [0.15, 0.2) is 103 Å². The highest BCUT2D eigenvalue weighted by Crippen LogP contribution is 2.38. The molecule has 29 heavy (non-hydrogen) atoms. The van der Waals surface area contributed by atoms with Crippen molar-refractivity contribution in [3.8, 4) is 23.0 Å². The van der Waals surface area contributed by atoms with E-state index in [1.807, 2.05) is 91.0 Å². The van der Waals surface area contributed by atoms with E-state index >= 15 is 0 Å². The van der Waals surface area contributed by atoms with E-state index in [9.17, 15) is 0 Å². The largest absolute Gasteiger partial charge is 0.457 e. The van der Waals surface area contributed by atoms with E-state index in [-0.39, 0.29) is 0 Å². The highest BCUT2D eigenvalue weighted by atomic mass is 16.7. The topological polar surface area (TPSA) is 27.7 Å². The molecule has 0 aromatic heterocycles. The molecule has 0 unspecified atom stereocenters. The molecule has 0 fully saturated rings. The van der Waals surface area contributed by atoms with Gasteiger partial charge in [0, 0.05) is 12.0 Å². The van der Waals surface area contributed by atoms with Crippen molar-refractivity contribution in [2.75, 3.05) is 0 Å². The standard InChI is InChI=1S/C26H20O3/c1-3-10-22(11-4-1)27-26(28-23-12-5-2-6-13-23)20-15-16-25-21(18-20)17-19-9-7-8-14-24(19)29-25/h1-16,18,26H,17H2. The maximum atomic E-state index is 6.20. The number of hydrogen-bond donors (Lipinski definition) is 0. The molecule has 0 saturated carbocycles. The zero-order valence-electron chi connectivity index (χ0n) is 15.8. The SMILES string of the molecule is c1ccc(OC(Oc2ccccc2)c2ccc3c(c2)Cc2ccccc2O3)cc1. The summed E-state index contributed by atoms with van der Waals surface area (Å²) >= 11 is 0. The lowest BCUT2D eigenvalue weighted by atomic mass is 9.98. The van der Waals surface area contributed by atoms with Crippen LogP contribution in [0.25, 0.3) is 0 Å². The van der Waals surface area contributed by atoms with Crippen molar-refractivity contribution in [2.45, 2.75) is 12.7 Å². The Morgan fingerprint density at radius 1 is 0.586 bits per heavy atom. The first-order valence-corrected chi connectivity index (χ1v) is 9.67. The summed E-state index contributed by atoms with van der Waals surface area (Å²) < 4.78 is 18.5. The normalized spacial score (nSPS) is 11.9. The van der Waals surface area contributed by atoms with Crippen molar-refractivity contribution < 1.29 is 14.2 Å². The molecule has 1 heterocycles. The maximum Gasteiger partial charge on any atom is 0.267 e. The van der Waals surface area contributed by atoms with Crippen LogP contribution in [0, 0.1) is 0 Å². The molecular weight excluding hydrogens is 360 g/mol. The third-order valence-electron chi connectivity index (χ3n) is 4.90. The van der Waals surface area contributed by atoms with Gasteiger partial charge in [-0.15, -0.1) is 0 Å². The van der Waals surface area contributed by atoms with E-state index in [0.29, 0.717) is 0 Å². The Morgan fingerprint density at radius 3 is 1.86 bits per heavy atom. The number of benzene rings is 4. The van der Waals surface area contributed by atoms with Crippen LogP contribution in [-0.2, 0) is 6.42 Å².